The van der Waals surface area contributed by atoms with Gasteiger partial charge in [-0.2, -0.15) is 5.10 Å². The van der Waals surface area contributed by atoms with Crippen LogP contribution in [0, 0.1) is 6.92 Å². The molecule has 4 aromatic rings. The van der Waals surface area contributed by atoms with Crippen molar-refractivity contribution in [2.45, 2.75) is 19.9 Å². The van der Waals surface area contributed by atoms with Crippen LogP contribution in [0.3, 0.4) is 0 Å². The number of nitrogens with zero attached hydrogens (tertiary/aromatic N) is 2. The molecule has 2 aromatic heterocycles. The van der Waals surface area contributed by atoms with E-state index in [-0.39, 0.29) is 17.4 Å². The lowest BCUT2D eigenvalue weighted by Crippen LogP contribution is -2.24. The van der Waals surface area contributed by atoms with Gasteiger partial charge in [-0.3, -0.25) is 9.48 Å². The first-order valence-electron chi connectivity index (χ1n) is 9.42. The van der Waals surface area contributed by atoms with Crippen molar-refractivity contribution in [3.63, 3.8) is 0 Å². The summed E-state index contributed by atoms with van der Waals surface area (Å²) in [7, 11) is 0. The van der Waals surface area contributed by atoms with Gasteiger partial charge in [0.1, 0.15) is 4.83 Å². The molecule has 0 fully saturated rings. The first-order chi connectivity index (χ1) is 14.4. The minimum Gasteiger partial charge on any atom is -0.504 e. The quantitative estimate of drug-likeness (QED) is 0.385. The van der Waals surface area contributed by atoms with E-state index in [0.29, 0.717) is 29.4 Å². The molecule has 2 aromatic carbocycles. The number of aryl methyl sites for hydroxylation is 1. The number of rotatable bonds is 6. The lowest BCUT2D eigenvalue weighted by Gasteiger charge is -2.06. The number of benzene rings is 2. The van der Waals surface area contributed by atoms with E-state index < -0.39 is 0 Å². The van der Waals surface area contributed by atoms with Crippen LogP contribution in [-0.2, 0) is 13.0 Å². The van der Waals surface area contributed by atoms with Crippen LogP contribution in [0.5, 0.6) is 11.5 Å². The molecule has 4 rings (SSSR count). The highest BCUT2D eigenvalue weighted by Crippen LogP contribution is 2.30. The van der Waals surface area contributed by atoms with Gasteiger partial charge < -0.3 is 15.5 Å². The van der Waals surface area contributed by atoms with Crippen molar-refractivity contribution in [3.05, 3.63) is 75.3 Å². The number of phenolic OH excluding ortho intramolecular Hbond substituents is 2. The smallest absolute Gasteiger partial charge is 0.261 e. The monoisotopic (exact) mass is 441 g/mol. The number of carbonyl (C=O) groups is 1. The van der Waals surface area contributed by atoms with E-state index in [1.54, 1.807) is 6.07 Å². The molecule has 1 amide bonds. The van der Waals surface area contributed by atoms with Crippen LogP contribution in [0.1, 0.15) is 26.5 Å². The molecule has 0 aliphatic rings. The number of hydrogen-bond acceptors (Lipinski definition) is 5. The van der Waals surface area contributed by atoms with Crippen molar-refractivity contribution in [1.29, 1.82) is 0 Å². The van der Waals surface area contributed by atoms with E-state index in [0.717, 1.165) is 27.0 Å². The molecule has 30 heavy (non-hydrogen) atoms. The maximum absolute atomic E-state index is 12.6. The van der Waals surface area contributed by atoms with E-state index in [2.05, 4.69) is 10.4 Å². The summed E-state index contributed by atoms with van der Waals surface area (Å²) in [5, 5.41) is 28.1. The summed E-state index contributed by atoms with van der Waals surface area (Å²) < 4.78 is 1.88. The van der Waals surface area contributed by atoms with Crippen LogP contribution in [0.15, 0.2) is 48.5 Å². The molecule has 0 bridgehead atoms. The number of aromatic hydroxyl groups is 2. The number of carbonyl (C=O) groups excluding carboxylic acids is 1. The Morgan fingerprint density at radius 2 is 1.97 bits per heavy atom. The zero-order chi connectivity index (χ0) is 21.3. The molecule has 154 valence electrons. The van der Waals surface area contributed by atoms with E-state index in [1.165, 1.54) is 23.5 Å². The molecule has 0 unspecified atom stereocenters. The Hall–Kier alpha value is -3.03. The highest BCUT2D eigenvalue weighted by Gasteiger charge is 2.17. The molecule has 0 saturated heterocycles. The Bertz CT molecular complexity index is 1230. The van der Waals surface area contributed by atoms with Crippen molar-refractivity contribution < 1.29 is 15.0 Å². The summed E-state index contributed by atoms with van der Waals surface area (Å²) in [5.41, 5.74) is 2.67. The summed E-state index contributed by atoms with van der Waals surface area (Å²) in [6, 6.07) is 14.2. The molecule has 8 heteroatoms. The fraction of sp³-hybridized carbons (Fsp3) is 0.182. The van der Waals surface area contributed by atoms with Gasteiger partial charge in [0.2, 0.25) is 0 Å². The van der Waals surface area contributed by atoms with Gasteiger partial charge in [0.25, 0.3) is 5.91 Å². The summed E-state index contributed by atoms with van der Waals surface area (Å²) in [5.74, 6) is -0.473. The van der Waals surface area contributed by atoms with Crippen LogP contribution in [-0.4, -0.2) is 32.4 Å². The maximum Gasteiger partial charge on any atom is 0.261 e. The van der Waals surface area contributed by atoms with Crippen molar-refractivity contribution >= 4 is 39.1 Å². The number of halogens is 1. The summed E-state index contributed by atoms with van der Waals surface area (Å²) in [4.78, 5) is 14.2. The molecule has 3 N–H and O–H groups in total. The number of aromatic nitrogens is 2. The molecule has 6 nitrogen and oxygen atoms in total. The van der Waals surface area contributed by atoms with Gasteiger partial charge in [0.15, 0.2) is 11.5 Å². The van der Waals surface area contributed by atoms with E-state index in [9.17, 15) is 15.0 Å². The topological polar surface area (TPSA) is 87.4 Å². The summed E-state index contributed by atoms with van der Waals surface area (Å²) >= 11 is 7.68. The second-order valence-corrected chi connectivity index (χ2v) is 8.43. The first kappa shape index (κ1) is 20.3. The lowest BCUT2D eigenvalue weighted by atomic mass is 10.1. The van der Waals surface area contributed by atoms with Gasteiger partial charge in [-0.05, 0) is 48.7 Å². The Labute approximate surface area is 182 Å². The highest BCUT2D eigenvalue weighted by atomic mass is 35.5. The van der Waals surface area contributed by atoms with E-state index in [4.69, 9.17) is 11.6 Å². The fourth-order valence-electron chi connectivity index (χ4n) is 3.25. The largest absolute Gasteiger partial charge is 0.504 e. The minimum absolute atomic E-state index is 0.150. The van der Waals surface area contributed by atoms with E-state index >= 15 is 0 Å². The molecule has 0 aliphatic carbocycles. The average molecular weight is 442 g/mol. The third-order valence-corrected chi connectivity index (χ3v) is 6.36. The number of amides is 1. The number of thiophene rings is 1. The maximum atomic E-state index is 12.6. The molecule has 0 radical (unpaired) electrons. The third-order valence-electron chi connectivity index (χ3n) is 4.85. The van der Waals surface area contributed by atoms with Gasteiger partial charge in [0, 0.05) is 17.0 Å². The van der Waals surface area contributed by atoms with Crippen LogP contribution in [0.25, 0.3) is 10.2 Å². The van der Waals surface area contributed by atoms with Gasteiger partial charge in [-0.25, -0.2) is 0 Å². The first-order valence-corrected chi connectivity index (χ1v) is 10.6. The normalized spacial score (nSPS) is 11.1. The average Bonchev–Trinajstić information content (AvgIpc) is 3.28. The van der Waals surface area contributed by atoms with Crippen LogP contribution in [0.4, 0.5) is 0 Å². The van der Waals surface area contributed by atoms with Gasteiger partial charge in [-0.15, -0.1) is 11.3 Å². The summed E-state index contributed by atoms with van der Waals surface area (Å²) in [6.45, 7) is 2.88. The number of fused-ring (bicyclic) bond motifs is 1. The zero-order valence-electron chi connectivity index (χ0n) is 16.2. The standard InChI is InChI=1S/C22H20ClN3O3S/c1-13-16-11-20(21(29)24-9-8-14-6-7-18(27)19(28)10-14)30-22(16)26(25-13)12-15-4-2-3-5-17(15)23/h2-7,10-11,27-28H,8-9,12H2,1H3,(H,24,29). The molecular weight excluding hydrogens is 422 g/mol. The predicted molar refractivity (Wildman–Crippen MR) is 119 cm³/mol. The SMILES string of the molecule is Cc1nn(Cc2ccccc2Cl)c2sc(C(=O)NCCc3ccc(O)c(O)c3)cc12. The Morgan fingerprint density at radius 3 is 2.73 bits per heavy atom. The molecule has 0 spiro atoms. The molecule has 2 heterocycles. The molecule has 0 aliphatic heterocycles. The number of phenols is 2. The van der Waals surface area contributed by atoms with Crippen LogP contribution < -0.4 is 5.32 Å². The van der Waals surface area contributed by atoms with Crippen molar-refractivity contribution in [2.24, 2.45) is 0 Å². The van der Waals surface area contributed by atoms with Gasteiger partial charge >= 0.3 is 0 Å². The van der Waals surface area contributed by atoms with Crippen molar-refractivity contribution in [3.8, 4) is 11.5 Å². The third kappa shape index (κ3) is 4.13. The fourth-order valence-corrected chi connectivity index (χ4v) is 4.52. The zero-order valence-corrected chi connectivity index (χ0v) is 17.8. The predicted octanol–water partition coefficient (Wildman–Crippen LogP) is 4.49. The molecule has 0 atom stereocenters. The molecular formula is C22H20ClN3O3S. The highest BCUT2D eigenvalue weighted by molar-refractivity contribution is 7.20. The number of hydrogen-bond donors (Lipinski definition) is 3. The van der Waals surface area contributed by atoms with E-state index in [1.807, 2.05) is 41.9 Å². The minimum atomic E-state index is -0.165. The Balaban J connectivity index is 1.47. The van der Waals surface area contributed by atoms with Crippen LogP contribution >= 0.6 is 22.9 Å². The van der Waals surface area contributed by atoms with Gasteiger partial charge in [0.05, 0.1) is 17.1 Å². The van der Waals surface area contributed by atoms with Crippen LogP contribution in [0.2, 0.25) is 5.02 Å². The second-order valence-electron chi connectivity index (χ2n) is 6.99. The second kappa shape index (κ2) is 8.38. The summed E-state index contributed by atoms with van der Waals surface area (Å²) in [6.07, 6.45) is 0.545. The van der Waals surface area contributed by atoms with Crippen molar-refractivity contribution in [2.75, 3.05) is 6.54 Å². The Morgan fingerprint density at radius 1 is 1.17 bits per heavy atom. The number of nitrogens with one attached hydrogen (secondary N) is 1. The Kier molecular flexibility index (Phi) is 5.65. The molecule has 0 saturated carbocycles. The van der Waals surface area contributed by atoms with Gasteiger partial charge in [-0.1, -0.05) is 35.9 Å². The lowest BCUT2D eigenvalue weighted by molar-refractivity contribution is 0.0958. The van der Waals surface area contributed by atoms with Crippen molar-refractivity contribution in [1.82, 2.24) is 15.1 Å².